The zero-order chi connectivity index (χ0) is 21.9. The van der Waals surface area contributed by atoms with Crippen molar-refractivity contribution < 1.29 is 26.4 Å². The van der Waals surface area contributed by atoms with Gasteiger partial charge >= 0.3 is 6.18 Å². The first-order valence-electron chi connectivity index (χ1n) is 9.25. The van der Waals surface area contributed by atoms with E-state index in [1.807, 2.05) is 0 Å². The SMILES string of the molecule is O=C(Nc1ccc(C(F)(F)F)cc1)[C@@H]1CCCN(S(=O)(=O)Cc2ccc(Cl)cc2)C1. The van der Waals surface area contributed by atoms with Crippen molar-refractivity contribution in [3.8, 4) is 0 Å². The zero-order valence-corrected chi connectivity index (χ0v) is 17.4. The Balaban J connectivity index is 1.63. The maximum atomic E-state index is 12.8. The van der Waals surface area contributed by atoms with Gasteiger partial charge in [0, 0.05) is 23.8 Å². The topological polar surface area (TPSA) is 66.5 Å². The van der Waals surface area contributed by atoms with Crippen LogP contribution in [-0.2, 0) is 26.7 Å². The number of hydrogen-bond donors (Lipinski definition) is 1. The summed E-state index contributed by atoms with van der Waals surface area (Å²) in [6.07, 6.45) is -3.44. The molecule has 3 rings (SSSR count). The molecule has 0 unspecified atom stereocenters. The van der Waals surface area contributed by atoms with Crippen molar-refractivity contribution >= 4 is 33.2 Å². The van der Waals surface area contributed by atoms with Crippen molar-refractivity contribution in [1.29, 1.82) is 0 Å². The third-order valence-electron chi connectivity index (χ3n) is 4.89. The van der Waals surface area contributed by atoms with E-state index in [9.17, 15) is 26.4 Å². The number of alkyl halides is 3. The summed E-state index contributed by atoms with van der Waals surface area (Å²) in [5.41, 5.74) is 0.0162. The Morgan fingerprint density at radius 1 is 1.10 bits per heavy atom. The molecule has 0 spiro atoms. The number of hydrogen-bond acceptors (Lipinski definition) is 3. The Morgan fingerprint density at radius 2 is 1.73 bits per heavy atom. The predicted molar refractivity (Wildman–Crippen MR) is 108 cm³/mol. The van der Waals surface area contributed by atoms with Gasteiger partial charge in [-0.05, 0) is 54.8 Å². The molecular formula is C20H20ClF3N2O3S. The molecule has 1 atom stereocenters. The van der Waals surface area contributed by atoms with Gasteiger partial charge in [0.05, 0.1) is 17.2 Å². The van der Waals surface area contributed by atoms with Crippen LogP contribution in [0.15, 0.2) is 48.5 Å². The Morgan fingerprint density at radius 3 is 2.33 bits per heavy atom. The number of rotatable bonds is 5. The summed E-state index contributed by atoms with van der Waals surface area (Å²) in [5.74, 6) is -1.19. The summed E-state index contributed by atoms with van der Waals surface area (Å²) in [5, 5.41) is 3.08. The molecule has 162 valence electrons. The fourth-order valence-corrected chi connectivity index (χ4v) is 5.02. The molecule has 0 aromatic heterocycles. The lowest BCUT2D eigenvalue weighted by Crippen LogP contribution is -2.44. The standard InChI is InChI=1S/C20H20ClF3N2O3S/c21-17-7-3-14(4-8-17)13-30(28,29)26-11-1-2-15(12-26)19(27)25-18-9-5-16(6-10-18)20(22,23)24/h3-10,15H,1-2,11-13H2,(H,25,27)/t15-/m1/s1. The number of nitrogens with zero attached hydrogens (tertiary/aromatic N) is 1. The molecular weight excluding hydrogens is 441 g/mol. The van der Waals surface area contributed by atoms with Gasteiger partial charge in [-0.2, -0.15) is 13.2 Å². The molecule has 1 aliphatic heterocycles. The zero-order valence-electron chi connectivity index (χ0n) is 15.8. The van der Waals surface area contributed by atoms with E-state index in [1.165, 1.54) is 16.4 Å². The molecule has 5 nitrogen and oxygen atoms in total. The average Bonchev–Trinajstić information content (AvgIpc) is 2.69. The van der Waals surface area contributed by atoms with Crippen LogP contribution in [0.1, 0.15) is 24.0 Å². The number of piperidine rings is 1. The van der Waals surface area contributed by atoms with E-state index in [4.69, 9.17) is 11.6 Å². The molecule has 0 aliphatic carbocycles. The van der Waals surface area contributed by atoms with E-state index in [1.54, 1.807) is 24.3 Å². The number of sulfonamides is 1. The van der Waals surface area contributed by atoms with Gasteiger partial charge in [0.1, 0.15) is 0 Å². The number of benzene rings is 2. The predicted octanol–water partition coefficient (Wildman–Crippen LogP) is 4.54. The minimum atomic E-state index is -4.45. The van der Waals surface area contributed by atoms with Gasteiger partial charge in [-0.15, -0.1) is 0 Å². The number of carbonyl (C=O) groups excluding carboxylic acids is 1. The second kappa shape index (κ2) is 8.95. The van der Waals surface area contributed by atoms with Gasteiger partial charge in [0.15, 0.2) is 0 Å². The summed E-state index contributed by atoms with van der Waals surface area (Å²) in [6.45, 7) is 0.350. The Labute approximate surface area is 177 Å². The van der Waals surface area contributed by atoms with E-state index >= 15 is 0 Å². The van der Waals surface area contributed by atoms with Crippen molar-refractivity contribution in [2.45, 2.75) is 24.8 Å². The van der Waals surface area contributed by atoms with Crippen LogP contribution in [0, 0.1) is 5.92 Å². The number of carbonyl (C=O) groups is 1. The van der Waals surface area contributed by atoms with E-state index < -0.39 is 33.6 Å². The van der Waals surface area contributed by atoms with Crippen LogP contribution >= 0.6 is 11.6 Å². The lowest BCUT2D eigenvalue weighted by molar-refractivity contribution is -0.137. The molecule has 2 aromatic carbocycles. The average molecular weight is 461 g/mol. The highest BCUT2D eigenvalue weighted by molar-refractivity contribution is 7.88. The van der Waals surface area contributed by atoms with Gasteiger partial charge in [-0.1, -0.05) is 23.7 Å². The second-order valence-corrected chi connectivity index (χ2v) is 9.55. The maximum absolute atomic E-state index is 12.8. The summed E-state index contributed by atoms with van der Waals surface area (Å²) >= 11 is 5.82. The van der Waals surface area contributed by atoms with Crippen LogP contribution < -0.4 is 5.32 Å². The minimum Gasteiger partial charge on any atom is -0.326 e. The molecule has 1 aliphatic rings. The van der Waals surface area contributed by atoms with Crippen LogP contribution in [-0.4, -0.2) is 31.7 Å². The van der Waals surface area contributed by atoms with Crippen molar-refractivity contribution in [3.05, 3.63) is 64.7 Å². The molecule has 2 aromatic rings. The fraction of sp³-hybridized carbons (Fsp3) is 0.350. The van der Waals surface area contributed by atoms with Crippen LogP contribution in [0.2, 0.25) is 5.02 Å². The van der Waals surface area contributed by atoms with Crippen LogP contribution in [0.4, 0.5) is 18.9 Å². The van der Waals surface area contributed by atoms with Crippen molar-refractivity contribution in [1.82, 2.24) is 4.31 Å². The molecule has 1 fully saturated rings. The first-order valence-corrected chi connectivity index (χ1v) is 11.2. The largest absolute Gasteiger partial charge is 0.416 e. The van der Waals surface area contributed by atoms with E-state index in [-0.39, 0.29) is 18.0 Å². The second-order valence-electron chi connectivity index (χ2n) is 7.14. The molecule has 1 saturated heterocycles. The molecule has 1 amide bonds. The number of halogens is 4. The lowest BCUT2D eigenvalue weighted by Gasteiger charge is -2.31. The third kappa shape index (κ3) is 5.74. The third-order valence-corrected chi connectivity index (χ3v) is 6.96. The van der Waals surface area contributed by atoms with Gasteiger partial charge in [-0.3, -0.25) is 4.79 Å². The van der Waals surface area contributed by atoms with E-state index in [0.717, 1.165) is 12.1 Å². The quantitative estimate of drug-likeness (QED) is 0.712. The Kier molecular flexibility index (Phi) is 6.74. The molecule has 0 saturated carbocycles. The smallest absolute Gasteiger partial charge is 0.326 e. The van der Waals surface area contributed by atoms with Gasteiger partial charge in [0.25, 0.3) is 0 Å². The summed E-state index contributed by atoms with van der Waals surface area (Å²) in [6, 6.07) is 10.6. The molecule has 0 bridgehead atoms. The molecule has 0 radical (unpaired) electrons. The van der Waals surface area contributed by atoms with Crippen molar-refractivity contribution in [3.63, 3.8) is 0 Å². The maximum Gasteiger partial charge on any atom is 0.416 e. The number of anilines is 1. The van der Waals surface area contributed by atoms with E-state index in [2.05, 4.69) is 5.32 Å². The monoisotopic (exact) mass is 460 g/mol. The Bertz CT molecular complexity index is 993. The molecule has 1 heterocycles. The first-order chi connectivity index (χ1) is 14.0. The van der Waals surface area contributed by atoms with Crippen molar-refractivity contribution in [2.24, 2.45) is 5.92 Å². The van der Waals surface area contributed by atoms with Crippen LogP contribution in [0.25, 0.3) is 0 Å². The summed E-state index contributed by atoms with van der Waals surface area (Å²) in [4.78, 5) is 12.5. The summed E-state index contributed by atoms with van der Waals surface area (Å²) < 4.78 is 64.7. The first kappa shape index (κ1) is 22.6. The van der Waals surface area contributed by atoms with Crippen molar-refractivity contribution in [2.75, 3.05) is 18.4 Å². The molecule has 1 N–H and O–H groups in total. The summed E-state index contributed by atoms with van der Waals surface area (Å²) in [7, 11) is -3.63. The lowest BCUT2D eigenvalue weighted by atomic mass is 9.98. The normalized spacial score (nSPS) is 18.2. The highest BCUT2D eigenvalue weighted by Crippen LogP contribution is 2.30. The number of amides is 1. The van der Waals surface area contributed by atoms with Crippen LogP contribution in [0.5, 0.6) is 0 Å². The van der Waals surface area contributed by atoms with Gasteiger partial charge in [0.2, 0.25) is 15.9 Å². The Hall–Kier alpha value is -2.10. The highest BCUT2D eigenvalue weighted by Gasteiger charge is 2.33. The fourth-order valence-electron chi connectivity index (χ4n) is 3.28. The number of nitrogens with one attached hydrogen (secondary N) is 1. The van der Waals surface area contributed by atoms with Gasteiger partial charge in [-0.25, -0.2) is 12.7 Å². The molecule has 10 heteroatoms. The molecule has 30 heavy (non-hydrogen) atoms. The van der Waals surface area contributed by atoms with E-state index in [0.29, 0.717) is 30.0 Å². The highest BCUT2D eigenvalue weighted by atomic mass is 35.5. The van der Waals surface area contributed by atoms with Gasteiger partial charge < -0.3 is 5.32 Å². The minimum absolute atomic E-state index is 0.0301. The van der Waals surface area contributed by atoms with Crippen LogP contribution in [0.3, 0.4) is 0 Å².